The molecule has 0 bridgehead atoms. The molecule has 1 saturated heterocycles. The van der Waals surface area contributed by atoms with E-state index in [0.717, 1.165) is 5.56 Å². The Labute approximate surface area is 102 Å². The van der Waals surface area contributed by atoms with E-state index in [1.165, 1.54) is 0 Å². The maximum absolute atomic E-state index is 10.9. The van der Waals surface area contributed by atoms with Gasteiger partial charge in [-0.3, -0.25) is 0 Å². The van der Waals surface area contributed by atoms with Crippen LogP contribution in [0.15, 0.2) is 36.0 Å². The van der Waals surface area contributed by atoms with Gasteiger partial charge in [-0.25, -0.2) is 4.79 Å². The number of rotatable bonds is 2. The van der Waals surface area contributed by atoms with E-state index in [9.17, 15) is 4.79 Å². The van der Waals surface area contributed by atoms with E-state index < -0.39 is 5.72 Å². The molecule has 0 unspecified atom stereocenters. The summed E-state index contributed by atoms with van der Waals surface area (Å²) in [5, 5.41) is 0. The SMILES string of the molecule is CC(=C=O)N1[C@H](c2ccccc2)COC1(C)C. The second-order valence-electron chi connectivity index (χ2n) is 4.74. The third-order valence-electron chi connectivity index (χ3n) is 3.18. The molecule has 0 saturated carbocycles. The van der Waals surface area contributed by atoms with E-state index in [2.05, 4.69) is 12.1 Å². The monoisotopic (exact) mass is 231 g/mol. The van der Waals surface area contributed by atoms with Crippen molar-refractivity contribution in [3.05, 3.63) is 41.6 Å². The average Bonchev–Trinajstić information content (AvgIpc) is 2.65. The van der Waals surface area contributed by atoms with E-state index in [4.69, 9.17) is 4.74 Å². The van der Waals surface area contributed by atoms with Gasteiger partial charge in [0.05, 0.1) is 18.3 Å². The molecule has 2 rings (SSSR count). The minimum absolute atomic E-state index is 0.0904. The van der Waals surface area contributed by atoms with Crippen LogP contribution in [0, 0.1) is 0 Å². The summed E-state index contributed by atoms with van der Waals surface area (Å²) in [5.74, 6) is 1.97. The Morgan fingerprint density at radius 3 is 2.65 bits per heavy atom. The summed E-state index contributed by atoms with van der Waals surface area (Å²) in [6.07, 6.45) is 0. The summed E-state index contributed by atoms with van der Waals surface area (Å²) >= 11 is 0. The molecule has 0 aromatic heterocycles. The third kappa shape index (κ3) is 2.12. The van der Waals surface area contributed by atoms with E-state index in [0.29, 0.717) is 12.3 Å². The van der Waals surface area contributed by atoms with Crippen LogP contribution in [0.25, 0.3) is 0 Å². The van der Waals surface area contributed by atoms with Crippen molar-refractivity contribution < 1.29 is 9.53 Å². The molecule has 90 valence electrons. The lowest BCUT2D eigenvalue weighted by Crippen LogP contribution is -2.39. The quantitative estimate of drug-likeness (QED) is 0.732. The van der Waals surface area contributed by atoms with Crippen molar-refractivity contribution in [2.75, 3.05) is 6.61 Å². The molecule has 0 N–H and O–H groups in total. The van der Waals surface area contributed by atoms with Crippen molar-refractivity contribution >= 4 is 5.94 Å². The molecule has 0 aliphatic carbocycles. The first-order chi connectivity index (χ1) is 8.06. The molecule has 1 aromatic carbocycles. The van der Waals surface area contributed by atoms with Crippen LogP contribution < -0.4 is 0 Å². The molecule has 0 spiro atoms. The van der Waals surface area contributed by atoms with E-state index in [1.807, 2.05) is 42.9 Å². The Morgan fingerprint density at radius 2 is 2.06 bits per heavy atom. The van der Waals surface area contributed by atoms with Crippen molar-refractivity contribution in [2.24, 2.45) is 0 Å². The van der Waals surface area contributed by atoms with Crippen LogP contribution >= 0.6 is 0 Å². The second-order valence-corrected chi connectivity index (χ2v) is 4.74. The number of benzene rings is 1. The molecule has 0 amide bonds. The first-order valence-corrected chi connectivity index (χ1v) is 5.76. The van der Waals surface area contributed by atoms with Gasteiger partial charge >= 0.3 is 0 Å². The zero-order chi connectivity index (χ0) is 12.5. The fraction of sp³-hybridized carbons (Fsp3) is 0.429. The van der Waals surface area contributed by atoms with E-state index >= 15 is 0 Å². The van der Waals surface area contributed by atoms with E-state index in [-0.39, 0.29) is 6.04 Å². The van der Waals surface area contributed by atoms with Gasteiger partial charge in [-0.05, 0) is 26.3 Å². The number of nitrogens with zero attached hydrogens (tertiary/aromatic N) is 1. The second kappa shape index (κ2) is 4.36. The van der Waals surface area contributed by atoms with Crippen LogP contribution in [0.4, 0.5) is 0 Å². The molecule has 3 heteroatoms. The lowest BCUT2D eigenvalue weighted by atomic mass is 10.1. The van der Waals surface area contributed by atoms with Crippen LogP contribution in [0.3, 0.4) is 0 Å². The van der Waals surface area contributed by atoms with Crippen molar-refractivity contribution in [2.45, 2.75) is 32.5 Å². The van der Waals surface area contributed by atoms with Crippen molar-refractivity contribution in [1.82, 2.24) is 4.90 Å². The topological polar surface area (TPSA) is 29.5 Å². The average molecular weight is 231 g/mol. The first-order valence-electron chi connectivity index (χ1n) is 5.76. The first kappa shape index (κ1) is 11.9. The minimum Gasteiger partial charge on any atom is -0.354 e. The van der Waals surface area contributed by atoms with Crippen molar-refractivity contribution in [3.63, 3.8) is 0 Å². The Bertz CT molecular complexity index is 447. The van der Waals surface area contributed by atoms with Crippen LogP contribution in [-0.4, -0.2) is 23.2 Å². The molecule has 3 nitrogen and oxygen atoms in total. The number of allylic oxidation sites excluding steroid dienone is 1. The number of ether oxygens (including phenoxy) is 1. The normalized spacial score (nSPS) is 22.3. The summed E-state index contributed by atoms with van der Waals surface area (Å²) in [7, 11) is 0. The van der Waals surface area contributed by atoms with Gasteiger partial charge in [-0.2, -0.15) is 0 Å². The molecule has 1 aliphatic rings. The van der Waals surface area contributed by atoms with Gasteiger partial charge < -0.3 is 9.64 Å². The Kier molecular flexibility index (Phi) is 3.05. The Balaban J connectivity index is 2.39. The van der Waals surface area contributed by atoms with Gasteiger partial charge in [0.2, 0.25) is 0 Å². The van der Waals surface area contributed by atoms with Gasteiger partial charge in [0.25, 0.3) is 0 Å². The predicted octanol–water partition coefficient (Wildman–Crippen LogP) is 2.53. The maximum Gasteiger partial charge on any atom is 0.145 e. The molecule has 0 radical (unpaired) electrons. The highest BCUT2D eigenvalue weighted by atomic mass is 16.5. The highest BCUT2D eigenvalue weighted by Gasteiger charge is 2.41. The molecule has 1 aromatic rings. The molecule has 1 atom stereocenters. The lowest BCUT2D eigenvalue weighted by Gasteiger charge is -2.34. The van der Waals surface area contributed by atoms with Gasteiger partial charge in [0, 0.05) is 0 Å². The third-order valence-corrected chi connectivity index (χ3v) is 3.18. The fourth-order valence-electron chi connectivity index (χ4n) is 2.41. The Morgan fingerprint density at radius 1 is 1.41 bits per heavy atom. The summed E-state index contributed by atoms with van der Waals surface area (Å²) in [6.45, 7) is 6.31. The lowest BCUT2D eigenvalue weighted by molar-refractivity contribution is -0.0366. The summed E-state index contributed by atoms with van der Waals surface area (Å²) in [5.41, 5.74) is 1.29. The molecular formula is C14H17NO2. The summed E-state index contributed by atoms with van der Waals surface area (Å²) < 4.78 is 5.77. The van der Waals surface area contributed by atoms with Crippen LogP contribution in [0.2, 0.25) is 0 Å². The van der Waals surface area contributed by atoms with Gasteiger partial charge in [-0.1, -0.05) is 30.3 Å². The molecular weight excluding hydrogens is 214 g/mol. The maximum atomic E-state index is 10.9. The van der Waals surface area contributed by atoms with Gasteiger partial charge in [0.1, 0.15) is 11.7 Å². The van der Waals surface area contributed by atoms with E-state index in [1.54, 1.807) is 6.92 Å². The fourth-order valence-corrected chi connectivity index (χ4v) is 2.41. The smallest absolute Gasteiger partial charge is 0.145 e. The summed E-state index contributed by atoms with van der Waals surface area (Å²) in [6, 6.07) is 10.2. The number of hydrogen-bond acceptors (Lipinski definition) is 3. The Hall–Kier alpha value is -1.57. The summed E-state index contributed by atoms with van der Waals surface area (Å²) in [4.78, 5) is 12.9. The highest BCUT2D eigenvalue weighted by molar-refractivity contribution is 5.51. The predicted molar refractivity (Wildman–Crippen MR) is 65.9 cm³/mol. The molecule has 1 aliphatic heterocycles. The highest BCUT2D eigenvalue weighted by Crippen LogP contribution is 2.38. The van der Waals surface area contributed by atoms with Crippen LogP contribution in [-0.2, 0) is 9.53 Å². The molecule has 1 fully saturated rings. The number of hydrogen-bond donors (Lipinski definition) is 0. The van der Waals surface area contributed by atoms with Crippen molar-refractivity contribution in [1.29, 1.82) is 0 Å². The van der Waals surface area contributed by atoms with Crippen LogP contribution in [0.5, 0.6) is 0 Å². The van der Waals surface area contributed by atoms with Gasteiger partial charge in [-0.15, -0.1) is 0 Å². The zero-order valence-corrected chi connectivity index (χ0v) is 10.4. The van der Waals surface area contributed by atoms with Crippen molar-refractivity contribution in [3.8, 4) is 0 Å². The van der Waals surface area contributed by atoms with Gasteiger partial charge in [0.15, 0.2) is 0 Å². The van der Waals surface area contributed by atoms with Crippen LogP contribution in [0.1, 0.15) is 32.4 Å². The molecule has 1 heterocycles. The number of carbonyl (C=O) groups excluding carboxylic acids is 1. The minimum atomic E-state index is -0.456. The molecule has 17 heavy (non-hydrogen) atoms. The largest absolute Gasteiger partial charge is 0.354 e. The zero-order valence-electron chi connectivity index (χ0n) is 10.4. The standard InChI is InChI=1S/C14H17NO2/c1-11(9-16)15-13(10-17-14(15,2)3)12-7-5-4-6-8-12/h4-8,13H,10H2,1-3H3/t13-/m0/s1.